The van der Waals surface area contributed by atoms with Crippen LogP contribution in [0, 0.1) is 0 Å². The fourth-order valence-corrected chi connectivity index (χ4v) is 3.68. The van der Waals surface area contributed by atoms with Gasteiger partial charge in [0, 0.05) is 29.7 Å². The Morgan fingerprint density at radius 1 is 0.824 bits per heavy atom. The summed E-state index contributed by atoms with van der Waals surface area (Å²) in [6, 6.07) is 27.2. The highest BCUT2D eigenvalue weighted by Crippen LogP contribution is 2.32. The summed E-state index contributed by atoms with van der Waals surface area (Å²) in [5.41, 5.74) is 4.44. The summed E-state index contributed by atoms with van der Waals surface area (Å²) in [7, 11) is 0. The van der Waals surface area contributed by atoms with Gasteiger partial charge in [0.15, 0.2) is 11.7 Å². The molecule has 0 unspecified atom stereocenters. The predicted octanol–water partition coefficient (Wildman–Crippen LogP) is 5.26. The number of benzene rings is 3. The number of hydrogen-bond acceptors (Lipinski definition) is 4. The molecule has 34 heavy (non-hydrogen) atoms. The van der Waals surface area contributed by atoms with Gasteiger partial charge in [-0.25, -0.2) is 4.98 Å². The zero-order valence-corrected chi connectivity index (χ0v) is 19.1. The van der Waals surface area contributed by atoms with Crippen molar-refractivity contribution in [2.24, 2.45) is 0 Å². The maximum absolute atomic E-state index is 12.4. The normalized spacial score (nSPS) is 10.6. The molecule has 2 amide bonds. The Balaban J connectivity index is 1.37. The number of anilines is 1. The summed E-state index contributed by atoms with van der Waals surface area (Å²) in [5, 5.41) is 5.53. The van der Waals surface area contributed by atoms with Gasteiger partial charge in [0.1, 0.15) is 5.69 Å². The third kappa shape index (κ3) is 5.78. The van der Waals surface area contributed by atoms with E-state index in [1.165, 1.54) is 0 Å². The second kappa shape index (κ2) is 11.1. The van der Waals surface area contributed by atoms with Crippen molar-refractivity contribution in [2.75, 3.05) is 11.9 Å². The van der Waals surface area contributed by atoms with Gasteiger partial charge in [-0.05, 0) is 18.1 Å². The number of carbonyl (C=O) groups excluding carboxylic acids is 2. The van der Waals surface area contributed by atoms with Crippen molar-refractivity contribution in [2.45, 2.75) is 26.2 Å². The highest BCUT2D eigenvalue weighted by atomic mass is 16.4. The molecule has 3 aromatic carbocycles. The summed E-state index contributed by atoms with van der Waals surface area (Å²) < 4.78 is 6.07. The zero-order valence-electron chi connectivity index (χ0n) is 19.1. The third-order valence-corrected chi connectivity index (χ3v) is 5.44. The SMILES string of the molecule is CCc1ccccc1NC(=O)CNC(=O)CCc1nc(-c2ccccc2)c(-c2ccccc2)o1. The Morgan fingerprint density at radius 3 is 2.18 bits per heavy atom. The second-order valence-electron chi connectivity index (χ2n) is 7.85. The van der Waals surface area contributed by atoms with Crippen LogP contribution in [-0.4, -0.2) is 23.3 Å². The molecular weight excluding hydrogens is 426 g/mol. The molecule has 0 aliphatic heterocycles. The van der Waals surface area contributed by atoms with Crippen LogP contribution in [0.3, 0.4) is 0 Å². The van der Waals surface area contributed by atoms with E-state index in [1.54, 1.807) is 0 Å². The topological polar surface area (TPSA) is 84.2 Å². The van der Waals surface area contributed by atoms with Gasteiger partial charge in [-0.2, -0.15) is 0 Å². The molecule has 0 fully saturated rings. The van der Waals surface area contributed by atoms with E-state index in [0.29, 0.717) is 18.1 Å². The highest BCUT2D eigenvalue weighted by Gasteiger charge is 2.17. The molecule has 0 atom stereocenters. The first-order valence-corrected chi connectivity index (χ1v) is 11.4. The summed E-state index contributed by atoms with van der Waals surface area (Å²) in [4.78, 5) is 29.3. The van der Waals surface area contributed by atoms with Crippen LogP contribution in [0.1, 0.15) is 24.8 Å². The number of oxazole rings is 1. The molecule has 0 saturated carbocycles. The van der Waals surface area contributed by atoms with Gasteiger partial charge in [-0.1, -0.05) is 85.8 Å². The van der Waals surface area contributed by atoms with Crippen molar-refractivity contribution < 1.29 is 14.0 Å². The number of aromatic nitrogens is 1. The molecule has 0 aliphatic rings. The smallest absolute Gasteiger partial charge is 0.243 e. The van der Waals surface area contributed by atoms with Gasteiger partial charge in [0.25, 0.3) is 0 Å². The summed E-state index contributed by atoms with van der Waals surface area (Å²) in [5.74, 6) is 0.660. The molecule has 0 bridgehead atoms. The average Bonchev–Trinajstić information content (AvgIpc) is 3.32. The van der Waals surface area contributed by atoms with Gasteiger partial charge in [-0.3, -0.25) is 9.59 Å². The quantitative estimate of drug-likeness (QED) is 0.362. The van der Waals surface area contributed by atoms with Crippen molar-refractivity contribution >= 4 is 17.5 Å². The molecule has 0 radical (unpaired) electrons. The van der Waals surface area contributed by atoms with Gasteiger partial charge in [0.2, 0.25) is 11.8 Å². The Labute approximate surface area is 199 Å². The lowest BCUT2D eigenvalue weighted by Crippen LogP contribution is -2.33. The van der Waals surface area contributed by atoms with Crippen molar-refractivity contribution in [1.82, 2.24) is 10.3 Å². The Bertz CT molecular complexity index is 1190. The lowest BCUT2D eigenvalue weighted by Gasteiger charge is -2.10. The fourth-order valence-electron chi connectivity index (χ4n) is 3.68. The Kier molecular flexibility index (Phi) is 7.50. The number of rotatable bonds is 9. The van der Waals surface area contributed by atoms with Crippen molar-refractivity contribution in [3.63, 3.8) is 0 Å². The van der Waals surface area contributed by atoms with Crippen LogP contribution in [0.4, 0.5) is 5.69 Å². The van der Waals surface area contributed by atoms with Crippen LogP contribution in [0.15, 0.2) is 89.3 Å². The van der Waals surface area contributed by atoms with Crippen LogP contribution in [0.25, 0.3) is 22.6 Å². The number of amides is 2. The fraction of sp³-hybridized carbons (Fsp3) is 0.179. The Morgan fingerprint density at radius 2 is 1.47 bits per heavy atom. The molecule has 1 heterocycles. The molecule has 4 aromatic rings. The molecule has 6 nitrogen and oxygen atoms in total. The molecule has 6 heteroatoms. The van der Waals surface area contributed by atoms with E-state index in [9.17, 15) is 9.59 Å². The van der Waals surface area contributed by atoms with E-state index < -0.39 is 0 Å². The van der Waals surface area contributed by atoms with Gasteiger partial charge < -0.3 is 15.1 Å². The highest BCUT2D eigenvalue weighted by molar-refractivity contribution is 5.95. The zero-order chi connectivity index (χ0) is 23.8. The van der Waals surface area contributed by atoms with E-state index in [-0.39, 0.29) is 24.8 Å². The minimum atomic E-state index is -0.261. The van der Waals surface area contributed by atoms with Gasteiger partial charge >= 0.3 is 0 Å². The Hall–Kier alpha value is -4.19. The van der Waals surface area contributed by atoms with Crippen LogP contribution in [0.2, 0.25) is 0 Å². The lowest BCUT2D eigenvalue weighted by molar-refractivity contribution is -0.124. The second-order valence-corrected chi connectivity index (χ2v) is 7.85. The third-order valence-electron chi connectivity index (χ3n) is 5.44. The summed E-state index contributed by atoms with van der Waals surface area (Å²) in [6.45, 7) is 1.94. The van der Waals surface area contributed by atoms with Crippen molar-refractivity contribution in [3.05, 3.63) is 96.4 Å². The van der Waals surface area contributed by atoms with Crippen LogP contribution < -0.4 is 10.6 Å². The van der Waals surface area contributed by atoms with Crippen LogP contribution in [0.5, 0.6) is 0 Å². The first-order valence-electron chi connectivity index (χ1n) is 11.4. The summed E-state index contributed by atoms with van der Waals surface area (Å²) >= 11 is 0. The number of nitrogens with zero attached hydrogens (tertiary/aromatic N) is 1. The molecule has 2 N–H and O–H groups in total. The van der Waals surface area contributed by atoms with Crippen LogP contribution in [-0.2, 0) is 22.4 Å². The number of hydrogen-bond donors (Lipinski definition) is 2. The van der Waals surface area contributed by atoms with Gasteiger partial charge in [-0.15, -0.1) is 0 Å². The largest absolute Gasteiger partial charge is 0.440 e. The van der Waals surface area contributed by atoms with E-state index >= 15 is 0 Å². The molecule has 172 valence electrons. The number of aryl methyl sites for hydroxylation is 2. The molecular formula is C28H27N3O3. The summed E-state index contributed by atoms with van der Waals surface area (Å²) in [6.07, 6.45) is 1.31. The van der Waals surface area contributed by atoms with E-state index in [4.69, 9.17) is 4.42 Å². The van der Waals surface area contributed by atoms with Crippen molar-refractivity contribution in [1.29, 1.82) is 0 Å². The minimum absolute atomic E-state index is 0.0903. The molecule has 1 aromatic heterocycles. The van der Waals surface area contributed by atoms with E-state index in [1.807, 2.05) is 91.9 Å². The molecule has 0 saturated heterocycles. The first-order chi connectivity index (χ1) is 16.6. The number of nitrogens with one attached hydrogen (secondary N) is 2. The van der Waals surface area contributed by atoms with Gasteiger partial charge in [0.05, 0.1) is 6.54 Å². The molecule has 0 aliphatic carbocycles. The standard InChI is InChI=1S/C28H27N3O3/c1-2-20-11-9-10-16-23(20)30-25(33)19-29-24(32)17-18-26-31-27(21-12-5-3-6-13-21)28(34-26)22-14-7-4-8-15-22/h3-16H,2,17-19H2,1H3,(H,29,32)(H,30,33). The number of carbonyl (C=O) groups is 2. The van der Waals surface area contributed by atoms with Crippen molar-refractivity contribution in [3.8, 4) is 22.6 Å². The monoisotopic (exact) mass is 453 g/mol. The lowest BCUT2D eigenvalue weighted by atomic mass is 10.1. The minimum Gasteiger partial charge on any atom is -0.440 e. The molecule has 0 spiro atoms. The maximum atomic E-state index is 12.4. The van der Waals surface area contributed by atoms with Crippen LogP contribution >= 0.6 is 0 Å². The predicted molar refractivity (Wildman–Crippen MR) is 133 cm³/mol. The average molecular weight is 454 g/mol. The maximum Gasteiger partial charge on any atom is 0.243 e. The first kappa shape index (κ1) is 23.0. The van der Waals surface area contributed by atoms with E-state index in [2.05, 4.69) is 15.6 Å². The number of para-hydroxylation sites is 1. The van der Waals surface area contributed by atoms with E-state index in [0.717, 1.165) is 34.5 Å². The molecule has 4 rings (SSSR count).